The van der Waals surface area contributed by atoms with E-state index in [1.54, 1.807) is 33.7 Å². The van der Waals surface area contributed by atoms with Crippen LogP contribution in [0.25, 0.3) is 0 Å². The minimum Gasteiger partial charge on any atom is -0.489 e. The average molecular weight is 512 g/mol. The standard InChI is InChI=1S/C25H29ClF3N3O3/c1-15(2)35-20-7-5-17(13-18(20)26)23(34)31-11-9-24(10-12-31)21-8-6-19(22(33)25(27,28)29)32(21)16(3)14-30(24)4/h5-8,13,15-16H,9-12,14H2,1-4H3. The molecule has 0 saturated carbocycles. The third-order valence-electron chi connectivity index (χ3n) is 7.01. The molecule has 0 radical (unpaired) electrons. The molecule has 1 spiro atoms. The molecule has 2 aliphatic heterocycles. The summed E-state index contributed by atoms with van der Waals surface area (Å²) in [6.07, 6.45) is -3.91. The number of alkyl halides is 3. The quantitative estimate of drug-likeness (QED) is 0.522. The van der Waals surface area contributed by atoms with Gasteiger partial charge < -0.3 is 14.2 Å². The number of ether oxygens (including phenoxy) is 1. The Kier molecular flexibility index (Phi) is 6.70. The molecule has 1 unspecified atom stereocenters. The number of hydrogen-bond acceptors (Lipinski definition) is 4. The third kappa shape index (κ3) is 4.56. The summed E-state index contributed by atoms with van der Waals surface area (Å²) in [5.74, 6) is -1.48. The van der Waals surface area contributed by atoms with Gasteiger partial charge in [0, 0.05) is 36.9 Å². The summed E-state index contributed by atoms with van der Waals surface area (Å²) in [6, 6.07) is 7.60. The predicted molar refractivity (Wildman–Crippen MR) is 126 cm³/mol. The maximum absolute atomic E-state index is 13.2. The van der Waals surface area contributed by atoms with Crippen molar-refractivity contribution in [3.63, 3.8) is 0 Å². The Labute approximate surface area is 207 Å². The zero-order valence-corrected chi connectivity index (χ0v) is 20.9. The lowest BCUT2D eigenvalue weighted by Crippen LogP contribution is -2.57. The molecule has 1 aromatic carbocycles. The number of aromatic nitrogens is 1. The number of halogens is 4. The maximum atomic E-state index is 13.2. The Morgan fingerprint density at radius 2 is 1.80 bits per heavy atom. The Morgan fingerprint density at radius 3 is 2.37 bits per heavy atom. The number of ketones is 1. The first kappa shape index (κ1) is 25.6. The number of fused-ring (bicyclic) bond motifs is 2. The largest absolute Gasteiger partial charge is 0.489 e. The molecule has 6 nitrogen and oxygen atoms in total. The molecule has 0 N–H and O–H groups in total. The second-order valence-corrected chi connectivity index (χ2v) is 10.1. The van der Waals surface area contributed by atoms with Crippen molar-refractivity contribution in [1.82, 2.24) is 14.4 Å². The Morgan fingerprint density at radius 1 is 1.14 bits per heavy atom. The molecule has 4 rings (SSSR count). The SMILES string of the molecule is CC(C)Oc1ccc(C(=O)N2CCC3(CC2)c2ccc(C(=O)C(F)(F)F)n2C(C)CN3C)cc1Cl. The number of carbonyl (C=O) groups is 2. The van der Waals surface area contributed by atoms with E-state index in [1.807, 2.05) is 27.8 Å². The van der Waals surface area contributed by atoms with Crippen molar-refractivity contribution in [3.05, 3.63) is 52.3 Å². The monoisotopic (exact) mass is 511 g/mol. The van der Waals surface area contributed by atoms with Crippen molar-refractivity contribution in [3.8, 4) is 5.75 Å². The van der Waals surface area contributed by atoms with E-state index in [4.69, 9.17) is 16.3 Å². The molecule has 1 aromatic heterocycles. The van der Waals surface area contributed by atoms with Crippen LogP contribution in [0.3, 0.4) is 0 Å². The average Bonchev–Trinajstić information content (AvgIpc) is 3.24. The molecule has 1 atom stereocenters. The van der Waals surface area contributed by atoms with E-state index in [-0.39, 0.29) is 23.7 Å². The lowest BCUT2D eigenvalue weighted by atomic mass is 9.80. The van der Waals surface area contributed by atoms with Gasteiger partial charge in [0.15, 0.2) is 0 Å². The van der Waals surface area contributed by atoms with Gasteiger partial charge in [-0.1, -0.05) is 11.6 Å². The van der Waals surface area contributed by atoms with Crippen LogP contribution in [0.5, 0.6) is 5.75 Å². The summed E-state index contributed by atoms with van der Waals surface area (Å²) in [5, 5.41) is 0.360. The number of nitrogens with zero attached hydrogens (tertiary/aromatic N) is 3. The molecular weight excluding hydrogens is 483 g/mol. The van der Waals surface area contributed by atoms with Gasteiger partial charge in [-0.2, -0.15) is 13.2 Å². The predicted octanol–water partition coefficient (Wildman–Crippen LogP) is 5.31. The molecular formula is C25H29ClF3N3O3. The first-order valence-corrected chi connectivity index (χ1v) is 12.0. The highest BCUT2D eigenvalue weighted by Crippen LogP contribution is 2.44. The van der Waals surface area contributed by atoms with Crippen molar-refractivity contribution < 1.29 is 27.5 Å². The first-order valence-electron chi connectivity index (χ1n) is 11.6. The number of amides is 1. The fourth-order valence-electron chi connectivity index (χ4n) is 5.36. The maximum Gasteiger partial charge on any atom is 0.456 e. The number of likely N-dealkylation sites (tertiary alicyclic amines) is 1. The van der Waals surface area contributed by atoms with E-state index in [0.29, 0.717) is 54.5 Å². The summed E-state index contributed by atoms with van der Waals surface area (Å²) in [5.41, 5.74) is 0.259. The van der Waals surface area contributed by atoms with Crippen LogP contribution in [0.1, 0.15) is 66.2 Å². The van der Waals surface area contributed by atoms with Crippen LogP contribution in [-0.2, 0) is 5.54 Å². The number of benzene rings is 1. The van der Waals surface area contributed by atoms with Gasteiger partial charge in [-0.15, -0.1) is 0 Å². The molecule has 2 aliphatic rings. The Balaban J connectivity index is 1.56. The fourth-order valence-corrected chi connectivity index (χ4v) is 5.59. The summed E-state index contributed by atoms with van der Waals surface area (Å²) < 4.78 is 46.8. The zero-order valence-electron chi connectivity index (χ0n) is 20.2. The van der Waals surface area contributed by atoms with Crippen molar-refractivity contribution in [2.24, 2.45) is 0 Å². The van der Waals surface area contributed by atoms with Crippen molar-refractivity contribution in [1.29, 1.82) is 0 Å². The molecule has 0 bridgehead atoms. The topological polar surface area (TPSA) is 54.8 Å². The first-order chi connectivity index (χ1) is 16.3. The van der Waals surface area contributed by atoms with Gasteiger partial charge >= 0.3 is 6.18 Å². The highest BCUT2D eigenvalue weighted by atomic mass is 35.5. The lowest BCUT2D eigenvalue weighted by Gasteiger charge is -2.52. The van der Waals surface area contributed by atoms with Crippen LogP contribution in [0.15, 0.2) is 30.3 Å². The molecule has 1 amide bonds. The number of rotatable bonds is 4. The fraction of sp³-hybridized carbons (Fsp3) is 0.520. The van der Waals surface area contributed by atoms with Crippen molar-refractivity contribution in [2.75, 3.05) is 26.7 Å². The van der Waals surface area contributed by atoms with Crippen LogP contribution < -0.4 is 4.74 Å². The van der Waals surface area contributed by atoms with Crippen molar-refractivity contribution >= 4 is 23.3 Å². The third-order valence-corrected chi connectivity index (χ3v) is 7.31. The zero-order chi connectivity index (χ0) is 25.7. The van der Waals surface area contributed by atoms with Crippen LogP contribution in [0, 0.1) is 0 Å². The molecule has 1 fully saturated rings. The van der Waals surface area contributed by atoms with Crippen molar-refractivity contribution in [2.45, 2.75) is 57.5 Å². The van der Waals surface area contributed by atoms with Gasteiger partial charge in [0.25, 0.3) is 11.7 Å². The van der Waals surface area contributed by atoms with Gasteiger partial charge in [0.1, 0.15) is 5.75 Å². The molecule has 1 saturated heterocycles. The second kappa shape index (κ2) is 9.17. The molecule has 35 heavy (non-hydrogen) atoms. The summed E-state index contributed by atoms with van der Waals surface area (Å²) in [6.45, 7) is 6.94. The van der Waals surface area contributed by atoms with E-state index in [9.17, 15) is 22.8 Å². The summed E-state index contributed by atoms with van der Waals surface area (Å²) in [7, 11) is 1.95. The van der Waals surface area contributed by atoms with E-state index >= 15 is 0 Å². The molecule has 2 aromatic rings. The highest BCUT2D eigenvalue weighted by molar-refractivity contribution is 6.32. The van der Waals surface area contributed by atoms with E-state index < -0.39 is 17.5 Å². The van der Waals surface area contributed by atoms with Gasteiger partial charge in [0.05, 0.1) is 22.4 Å². The number of likely N-dealkylation sites (N-methyl/N-ethyl adjacent to an activating group) is 1. The molecule has 190 valence electrons. The lowest BCUT2D eigenvalue weighted by molar-refractivity contribution is -0.0894. The minimum absolute atomic E-state index is 0.0478. The Hall–Kier alpha value is -2.52. The Bertz CT molecular complexity index is 1140. The smallest absolute Gasteiger partial charge is 0.456 e. The van der Waals surface area contributed by atoms with Gasteiger partial charge in [0.2, 0.25) is 0 Å². The van der Waals surface area contributed by atoms with E-state index in [0.717, 1.165) is 0 Å². The summed E-state index contributed by atoms with van der Waals surface area (Å²) >= 11 is 6.31. The van der Waals surface area contributed by atoms with Gasteiger partial charge in [-0.05, 0) is 71.0 Å². The second-order valence-electron chi connectivity index (χ2n) is 9.67. The number of Topliss-reactive ketones (excluding diaryl/α,β-unsaturated/α-hetero) is 1. The molecule has 0 aliphatic carbocycles. The van der Waals surface area contributed by atoms with Crippen LogP contribution in [0.4, 0.5) is 13.2 Å². The minimum atomic E-state index is -4.93. The van der Waals surface area contributed by atoms with E-state index in [1.165, 1.54) is 6.07 Å². The van der Waals surface area contributed by atoms with Gasteiger partial charge in [-0.25, -0.2) is 0 Å². The number of hydrogen-bond donors (Lipinski definition) is 0. The molecule has 10 heteroatoms. The van der Waals surface area contributed by atoms with Crippen LogP contribution >= 0.6 is 11.6 Å². The van der Waals surface area contributed by atoms with Crippen LogP contribution in [0.2, 0.25) is 5.02 Å². The normalized spacial score (nSPS) is 20.3. The van der Waals surface area contributed by atoms with Gasteiger partial charge in [-0.3, -0.25) is 14.5 Å². The number of piperidine rings is 1. The molecule has 3 heterocycles. The van der Waals surface area contributed by atoms with E-state index in [2.05, 4.69) is 4.90 Å². The number of carbonyl (C=O) groups excluding carboxylic acids is 2. The highest BCUT2D eigenvalue weighted by Gasteiger charge is 2.49. The summed E-state index contributed by atoms with van der Waals surface area (Å²) in [4.78, 5) is 29.1. The van der Waals surface area contributed by atoms with Crippen LogP contribution in [-0.4, -0.2) is 65.0 Å².